The van der Waals surface area contributed by atoms with Crippen LogP contribution < -0.4 is 0 Å². The first-order chi connectivity index (χ1) is 26.3. The zero-order valence-corrected chi connectivity index (χ0v) is 28.9. The Hall–Kier alpha value is -7.03. The summed E-state index contributed by atoms with van der Waals surface area (Å²) in [5.74, 6) is 0. The maximum absolute atomic E-state index is 4.61. The number of para-hydroxylation sites is 2. The third kappa shape index (κ3) is 4.70. The molecule has 2 nitrogen and oxygen atoms in total. The third-order valence-corrected chi connectivity index (χ3v) is 11.0. The van der Waals surface area contributed by atoms with Gasteiger partial charge in [0.15, 0.2) is 0 Å². The van der Waals surface area contributed by atoms with E-state index in [-0.39, 0.29) is 0 Å². The molecule has 53 heavy (non-hydrogen) atoms. The lowest BCUT2D eigenvalue weighted by molar-refractivity contribution is 1.18. The fourth-order valence-electron chi connectivity index (χ4n) is 8.53. The molecule has 0 fully saturated rings. The van der Waals surface area contributed by atoms with Crippen molar-refractivity contribution in [3.05, 3.63) is 194 Å². The van der Waals surface area contributed by atoms with Crippen LogP contribution in [0.5, 0.6) is 0 Å². The van der Waals surface area contributed by atoms with Gasteiger partial charge in [-0.25, -0.2) is 0 Å². The van der Waals surface area contributed by atoms with Gasteiger partial charge in [-0.15, -0.1) is 0 Å². The first-order valence-corrected chi connectivity index (χ1v) is 18.2. The van der Waals surface area contributed by atoms with Gasteiger partial charge < -0.3 is 4.57 Å². The average molecular weight is 673 g/mol. The first kappa shape index (κ1) is 29.7. The van der Waals surface area contributed by atoms with Crippen LogP contribution in [0.4, 0.5) is 0 Å². The van der Waals surface area contributed by atoms with Crippen LogP contribution in [-0.2, 0) is 0 Å². The molecule has 11 aromatic rings. The Morgan fingerprint density at radius 3 is 1.70 bits per heavy atom. The highest BCUT2D eigenvalue weighted by molar-refractivity contribution is 6.27. The lowest BCUT2D eigenvalue weighted by Crippen LogP contribution is -1.93. The van der Waals surface area contributed by atoms with Crippen molar-refractivity contribution < 1.29 is 0 Å². The molecule has 0 saturated heterocycles. The second kappa shape index (κ2) is 11.8. The van der Waals surface area contributed by atoms with E-state index in [1.54, 1.807) is 0 Å². The van der Waals surface area contributed by atoms with E-state index in [4.69, 9.17) is 0 Å². The van der Waals surface area contributed by atoms with E-state index in [1.165, 1.54) is 93.2 Å². The Morgan fingerprint density at radius 2 is 0.943 bits per heavy atom. The molecule has 0 atom stereocenters. The van der Waals surface area contributed by atoms with Gasteiger partial charge in [0, 0.05) is 28.2 Å². The van der Waals surface area contributed by atoms with Gasteiger partial charge in [-0.1, -0.05) is 146 Å². The number of fused-ring (bicyclic) bond motifs is 3. The number of pyridine rings is 1. The second-order valence-corrected chi connectivity index (χ2v) is 13.9. The Kier molecular flexibility index (Phi) is 6.59. The highest BCUT2D eigenvalue weighted by Gasteiger charge is 2.17. The van der Waals surface area contributed by atoms with Crippen molar-refractivity contribution in [1.82, 2.24) is 9.55 Å². The van der Waals surface area contributed by atoms with Gasteiger partial charge in [-0.2, -0.15) is 0 Å². The standard InChI is InChI=1S/C51H32N2/c1-2-11-40(12-3-1)53-48-15-5-4-13-43(48)44-27-24-37(32-49(44)53)33-16-18-34(19-17-33)41-25-20-35-23-29-46-42(26-21-36-22-28-45(41)50(35)51(36)46)38-9-8-10-39(31-38)47-14-6-7-30-52-47/h1-32H. The molecule has 246 valence electrons. The number of hydrogen-bond acceptors (Lipinski definition) is 1. The summed E-state index contributed by atoms with van der Waals surface area (Å²) in [7, 11) is 0. The van der Waals surface area contributed by atoms with E-state index in [1.807, 2.05) is 18.3 Å². The average Bonchev–Trinajstić information content (AvgIpc) is 3.57. The Balaban J connectivity index is 1.02. The predicted octanol–water partition coefficient (Wildman–Crippen LogP) is 13.7. The Morgan fingerprint density at radius 1 is 0.340 bits per heavy atom. The van der Waals surface area contributed by atoms with Crippen molar-refractivity contribution in [3.63, 3.8) is 0 Å². The minimum atomic E-state index is 0.985. The number of aromatic nitrogens is 2. The fourth-order valence-corrected chi connectivity index (χ4v) is 8.53. The van der Waals surface area contributed by atoms with Gasteiger partial charge in [0.1, 0.15) is 0 Å². The monoisotopic (exact) mass is 672 g/mol. The summed E-state index contributed by atoms with van der Waals surface area (Å²) < 4.78 is 2.38. The summed E-state index contributed by atoms with van der Waals surface area (Å²) in [6, 6.07) is 68.5. The quantitative estimate of drug-likeness (QED) is 0.166. The molecule has 2 aromatic heterocycles. The van der Waals surface area contributed by atoms with Crippen molar-refractivity contribution in [3.8, 4) is 50.3 Å². The topological polar surface area (TPSA) is 17.8 Å². The smallest absolute Gasteiger partial charge is 0.0702 e. The lowest BCUT2D eigenvalue weighted by atomic mass is 9.87. The third-order valence-electron chi connectivity index (χ3n) is 11.0. The molecule has 0 bridgehead atoms. The van der Waals surface area contributed by atoms with Crippen molar-refractivity contribution in [2.75, 3.05) is 0 Å². The van der Waals surface area contributed by atoms with Gasteiger partial charge in [-0.3, -0.25) is 4.98 Å². The zero-order valence-electron chi connectivity index (χ0n) is 28.9. The number of hydrogen-bond donors (Lipinski definition) is 0. The number of nitrogens with zero attached hydrogens (tertiary/aromatic N) is 2. The highest BCUT2D eigenvalue weighted by atomic mass is 15.0. The van der Waals surface area contributed by atoms with Crippen LogP contribution >= 0.6 is 0 Å². The summed E-state index contributed by atoms with van der Waals surface area (Å²) in [5.41, 5.74) is 13.0. The molecule has 0 unspecified atom stereocenters. The molecule has 9 aromatic carbocycles. The van der Waals surface area contributed by atoms with Crippen LogP contribution in [0.3, 0.4) is 0 Å². The van der Waals surface area contributed by atoms with Gasteiger partial charge >= 0.3 is 0 Å². The molecule has 0 amide bonds. The van der Waals surface area contributed by atoms with Gasteiger partial charge in [0.05, 0.1) is 16.7 Å². The molecule has 11 rings (SSSR count). The summed E-state index contributed by atoms with van der Waals surface area (Å²) in [4.78, 5) is 4.61. The van der Waals surface area contributed by atoms with E-state index >= 15 is 0 Å². The maximum atomic E-state index is 4.61. The van der Waals surface area contributed by atoms with Crippen LogP contribution in [0.1, 0.15) is 0 Å². The first-order valence-electron chi connectivity index (χ1n) is 18.2. The predicted molar refractivity (Wildman–Crippen MR) is 224 cm³/mol. The lowest BCUT2D eigenvalue weighted by Gasteiger charge is -2.17. The minimum absolute atomic E-state index is 0.985. The second-order valence-electron chi connectivity index (χ2n) is 13.9. The molecule has 0 aliphatic carbocycles. The summed E-state index contributed by atoms with van der Waals surface area (Å²) in [5, 5.41) is 10.3. The molecular formula is C51H32N2. The minimum Gasteiger partial charge on any atom is -0.309 e. The summed E-state index contributed by atoms with van der Waals surface area (Å²) in [6.07, 6.45) is 1.86. The van der Waals surface area contributed by atoms with E-state index in [9.17, 15) is 0 Å². The SMILES string of the molecule is c1ccc(-n2c3ccccc3c3ccc(-c4ccc(-c5ccc6ccc7c(-c8cccc(-c9ccccn9)c8)ccc8ccc5c6c87)cc4)cc32)cc1. The molecule has 0 aliphatic rings. The van der Waals surface area contributed by atoms with E-state index in [2.05, 4.69) is 185 Å². The van der Waals surface area contributed by atoms with Crippen LogP contribution in [0, 0.1) is 0 Å². The largest absolute Gasteiger partial charge is 0.309 e. The number of benzene rings is 9. The van der Waals surface area contributed by atoms with Gasteiger partial charge in [0.2, 0.25) is 0 Å². The molecular weight excluding hydrogens is 641 g/mol. The molecule has 2 heteroatoms. The molecule has 0 radical (unpaired) electrons. The van der Waals surface area contributed by atoms with Crippen molar-refractivity contribution in [2.45, 2.75) is 0 Å². The van der Waals surface area contributed by atoms with E-state index < -0.39 is 0 Å². The van der Waals surface area contributed by atoms with Crippen LogP contribution in [0.25, 0.3) is 104 Å². The molecule has 0 saturated carbocycles. The number of rotatable bonds is 5. The van der Waals surface area contributed by atoms with Crippen LogP contribution in [-0.4, -0.2) is 9.55 Å². The van der Waals surface area contributed by atoms with Gasteiger partial charge in [-0.05, 0) is 108 Å². The fraction of sp³-hybridized carbons (Fsp3) is 0. The molecule has 2 heterocycles. The molecule has 0 spiro atoms. The van der Waals surface area contributed by atoms with Crippen LogP contribution in [0.2, 0.25) is 0 Å². The van der Waals surface area contributed by atoms with Gasteiger partial charge in [0.25, 0.3) is 0 Å². The summed E-state index contributed by atoms with van der Waals surface area (Å²) in [6.45, 7) is 0. The van der Waals surface area contributed by atoms with Crippen molar-refractivity contribution in [1.29, 1.82) is 0 Å². The molecule has 0 N–H and O–H groups in total. The van der Waals surface area contributed by atoms with Crippen molar-refractivity contribution >= 4 is 54.1 Å². The molecule has 0 aliphatic heterocycles. The van der Waals surface area contributed by atoms with E-state index in [0.717, 1.165) is 11.3 Å². The van der Waals surface area contributed by atoms with Crippen molar-refractivity contribution in [2.24, 2.45) is 0 Å². The maximum Gasteiger partial charge on any atom is 0.0702 e. The van der Waals surface area contributed by atoms with Crippen LogP contribution in [0.15, 0.2) is 194 Å². The highest BCUT2D eigenvalue weighted by Crippen LogP contribution is 2.43. The zero-order chi connectivity index (χ0) is 34.9. The normalized spacial score (nSPS) is 11.8. The Bertz CT molecular complexity index is 3140. The Labute approximate surface area is 307 Å². The summed E-state index contributed by atoms with van der Waals surface area (Å²) >= 11 is 0. The van der Waals surface area contributed by atoms with E-state index in [0.29, 0.717) is 0 Å².